The van der Waals surface area contributed by atoms with E-state index in [1.807, 2.05) is 25.1 Å². The van der Waals surface area contributed by atoms with E-state index in [0.29, 0.717) is 16.7 Å². The second-order valence-corrected chi connectivity index (χ2v) is 7.79. The number of aromatic nitrogens is 4. The van der Waals surface area contributed by atoms with Crippen molar-refractivity contribution >= 4 is 45.4 Å². The summed E-state index contributed by atoms with van der Waals surface area (Å²) < 4.78 is 39.5. The average molecular weight is 431 g/mol. The highest BCUT2D eigenvalue weighted by Crippen LogP contribution is 2.35. The highest BCUT2D eigenvalue weighted by Gasteiger charge is 2.33. The molecule has 6 nitrogen and oxygen atoms in total. The number of anilines is 1. The minimum absolute atomic E-state index is 0.155. The minimum atomic E-state index is -4.56. The van der Waals surface area contributed by atoms with E-state index in [2.05, 4.69) is 25.5 Å². The largest absolute Gasteiger partial charge is 0.418 e. The van der Waals surface area contributed by atoms with E-state index in [4.69, 9.17) is 0 Å². The van der Waals surface area contributed by atoms with Gasteiger partial charge in [0.05, 0.1) is 17.0 Å². The van der Waals surface area contributed by atoms with Crippen LogP contribution in [0, 0.1) is 13.8 Å². The Hall–Kier alpha value is -3.14. The van der Waals surface area contributed by atoms with E-state index in [0.717, 1.165) is 34.3 Å². The molecular formula is C20H16F3N5OS. The third kappa shape index (κ3) is 4.09. The third-order valence-corrected chi connectivity index (χ3v) is 5.28. The van der Waals surface area contributed by atoms with Crippen molar-refractivity contribution in [3.63, 3.8) is 0 Å². The van der Waals surface area contributed by atoms with Crippen molar-refractivity contribution in [3.8, 4) is 0 Å². The topological polar surface area (TPSA) is 83.6 Å². The molecule has 1 amide bonds. The molecule has 0 aliphatic heterocycles. The highest BCUT2D eigenvalue weighted by molar-refractivity contribution is 7.99. The van der Waals surface area contributed by atoms with Crippen LogP contribution in [0.1, 0.15) is 16.7 Å². The van der Waals surface area contributed by atoms with Crippen molar-refractivity contribution in [1.82, 2.24) is 20.2 Å². The molecule has 2 N–H and O–H groups in total. The number of hydrogen-bond acceptors (Lipinski definition) is 5. The number of rotatable bonds is 4. The quantitative estimate of drug-likeness (QED) is 0.451. The molecule has 0 bridgehead atoms. The van der Waals surface area contributed by atoms with Crippen LogP contribution in [0.5, 0.6) is 0 Å². The number of benzene rings is 2. The summed E-state index contributed by atoms with van der Waals surface area (Å²) in [7, 11) is 0. The van der Waals surface area contributed by atoms with Gasteiger partial charge in [0.2, 0.25) is 11.1 Å². The molecule has 0 radical (unpaired) electrons. The van der Waals surface area contributed by atoms with Crippen molar-refractivity contribution in [3.05, 3.63) is 53.1 Å². The van der Waals surface area contributed by atoms with Crippen LogP contribution >= 0.6 is 11.8 Å². The monoisotopic (exact) mass is 431 g/mol. The van der Waals surface area contributed by atoms with E-state index in [9.17, 15) is 18.0 Å². The normalized spacial score (nSPS) is 11.9. The van der Waals surface area contributed by atoms with E-state index >= 15 is 0 Å². The maximum atomic E-state index is 13.2. The summed E-state index contributed by atoms with van der Waals surface area (Å²) in [6.45, 7) is 3.63. The van der Waals surface area contributed by atoms with Gasteiger partial charge in [-0.2, -0.15) is 13.2 Å². The van der Waals surface area contributed by atoms with Gasteiger partial charge >= 0.3 is 6.18 Å². The summed E-state index contributed by atoms with van der Waals surface area (Å²) in [5.74, 6) is -0.746. The Bertz CT molecular complexity index is 1270. The smallest absolute Gasteiger partial charge is 0.338 e. The van der Waals surface area contributed by atoms with Gasteiger partial charge in [-0.1, -0.05) is 29.5 Å². The first-order chi connectivity index (χ1) is 14.2. The SMILES string of the molecule is Cc1ccc(C(F)(F)F)c(NC(=O)CSc2nnc3c(n2)[nH]c2ccc(C)cc23)c1. The summed E-state index contributed by atoms with van der Waals surface area (Å²) in [6.07, 6.45) is -4.56. The van der Waals surface area contributed by atoms with Gasteiger partial charge in [0.25, 0.3) is 0 Å². The maximum Gasteiger partial charge on any atom is 0.418 e. The maximum absolute atomic E-state index is 13.2. The fraction of sp³-hybridized carbons (Fsp3) is 0.200. The van der Waals surface area contributed by atoms with Gasteiger partial charge in [-0.15, -0.1) is 10.2 Å². The lowest BCUT2D eigenvalue weighted by atomic mass is 10.1. The standard InChI is InChI=1S/C20H16F3N5OS/c1-10-4-6-14-12(7-10)17-18(25-14)26-19(28-27-17)30-9-16(29)24-15-8-11(2)3-5-13(15)20(21,22)23/h3-8H,9H2,1-2H3,(H,24,29)(H,25,26,28). The molecule has 0 spiro atoms. The first kappa shape index (κ1) is 20.1. The summed E-state index contributed by atoms with van der Waals surface area (Å²) >= 11 is 0.995. The third-order valence-electron chi connectivity index (χ3n) is 4.44. The van der Waals surface area contributed by atoms with Crippen LogP contribution in [-0.2, 0) is 11.0 Å². The van der Waals surface area contributed by atoms with Crippen molar-refractivity contribution in [2.24, 2.45) is 0 Å². The molecule has 2 heterocycles. The Labute approximate surface area is 173 Å². The highest BCUT2D eigenvalue weighted by atomic mass is 32.2. The van der Waals surface area contributed by atoms with E-state index in [-0.39, 0.29) is 16.6 Å². The van der Waals surface area contributed by atoms with Crippen LogP contribution in [0.2, 0.25) is 0 Å². The van der Waals surface area contributed by atoms with Crippen LogP contribution in [0.4, 0.5) is 18.9 Å². The Balaban J connectivity index is 1.50. The number of nitrogens with zero attached hydrogens (tertiary/aromatic N) is 3. The number of halogens is 3. The molecule has 0 aliphatic rings. The lowest BCUT2D eigenvalue weighted by Crippen LogP contribution is -2.18. The molecule has 4 aromatic rings. The van der Waals surface area contributed by atoms with Crippen molar-refractivity contribution in [2.75, 3.05) is 11.1 Å². The molecule has 0 saturated carbocycles. The van der Waals surface area contributed by atoms with Crippen molar-refractivity contribution in [2.45, 2.75) is 25.2 Å². The second-order valence-electron chi connectivity index (χ2n) is 6.85. The van der Waals surface area contributed by atoms with E-state index in [1.165, 1.54) is 12.1 Å². The number of hydrogen-bond donors (Lipinski definition) is 2. The summed E-state index contributed by atoms with van der Waals surface area (Å²) in [6, 6.07) is 9.47. The first-order valence-electron chi connectivity index (χ1n) is 8.94. The molecular weight excluding hydrogens is 415 g/mol. The van der Waals surface area contributed by atoms with Gasteiger partial charge in [0.1, 0.15) is 5.52 Å². The first-order valence-corrected chi connectivity index (χ1v) is 9.92. The van der Waals surface area contributed by atoms with Crippen molar-refractivity contribution in [1.29, 1.82) is 0 Å². The molecule has 2 aromatic carbocycles. The van der Waals surface area contributed by atoms with Crippen LogP contribution in [0.3, 0.4) is 0 Å². The number of aromatic amines is 1. The molecule has 4 rings (SSSR count). The Morgan fingerprint density at radius 2 is 1.83 bits per heavy atom. The molecule has 0 aliphatic carbocycles. The number of thioether (sulfide) groups is 1. The molecule has 0 atom stereocenters. The average Bonchev–Trinajstić information content (AvgIpc) is 3.02. The predicted octanol–water partition coefficient (Wildman–Crippen LogP) is 4.87. The zero-order valence-electron chi connectivity index (χ0n) is 16.0. The van der Waals surface area contributed by atoms with Gasteiger partial charge < -0.3 is 10.3 Å². The number of alkyl halides is 3. The Morgan fingerprint density at radius 3 is 2.60 bits per heavy atom. The molecule has 0 unspecified atom stereocenters. The summed E-state index contributed by atoms with van der Waals surface area (Å²) in [5, 5.41) is 11.7. The van der Waals surface area contributed by atoms with Crippen LogP contribution < -0.4 is 5.32 Å². The van der Waals surface area contributed by atoms with Crippen LogP contribution in [0.15, 0.2) is 41.6 Å². The fourth-order valence-corrected chi connectivity index (χ4v) is 3.64. The van der Waals surface area contributed by atoms with Crippen LogP contribution in [-0.4, -0.2) is 31.8 Å². The lowest BCUT2D eigenvalue weighted by molar-refractivity contribution is -0.137. The zero-order chi connectivity index (χ0) is 21.5. The number of H-pyrrole nitrogens is 1. The van der Waals surface area contributed by atoms with Gasteiger partial charge in [0.15, 0.2) is 5.65 Å². The zero-order valence-corrected chi connectivity index (χ0v) is 16.8. The lowest BCUT2D eigenvalue weighted by Gasteiger charge is -2.14. The number of amides is 1. The molecule has 30 heavy (non-hydrogen) atoms. The fourth-order valence-electron chi connectivity index (χ4n) is 3.06. The van der Waals surface area contributed by atoms with E-state index < -0.39 is 17.6 Å². The predicted molar refractivity (Wildman–Crippen MR) is 109 cm³/mol. The number of aryl methyl sites for hydroxylation is 2. The molecule has 154 valence electrons. The molecule has 0 fully saturated rings. The Morgan fingerprint density at radius 1 is 1.10 bits per heavy atom. The van der Waals surface area contributed by atoms with E-state index in [1.54, 1.807) is 6.92 Å². The van der Waals surface area contributed by atoms with Gasteiger partial charge in [0, 0.05) is 10.9 Å². The number of carbonyl (C=O) groups is 1. The van der Waals surface area contributed by atoms with Crippen molar-refractivity contribution < 1.29 is 18.0 Å². The summed E-state index contributed by atoms with van der Waals surface area (Å²) in [5.41, 5.74) is 2.56. The summed E-state index contributed by atoms with van der Waals surface area (Å²) in [4.78, 5) is 19.8. The minimum Gasteiger partial charge on any atom is -0.338 e. The van der Waals surface area contributed by atoms with Gasteiger partial charge in [-0.3, -0.25) is 4.79 Å². The Kier molecular flexibility index (Phi) is 5.10. The van der Waals surface area contributed by atoms with Gasteiger partial charge in [-0.05, 0) is 43.7 Å². The molecule has 10 heteroatoms. The van der Waals surface area contributed by atoms with Crippen LogP contribution in [0.25, 0.3) is 22.1 Å². The second kappa shape index (κ2) is 7.60. The number of carbonyl (C=O) groups excluding carboxylic acids is 1. The molecule has 2 aromatic heterocycles. The number of fused-ring (bicyclic) bond motifs is 3. The number of nitrogens with one attached hydrogen (secondary N) is 2. The van der Waals surface area contributed by atoms with Gasteiger partial charge in [-0.25, -0.2) is 4.98 Å². The molecule has 0 saturated heterocycles.